The molecule has 1 aliphatic rings. The summed E-state index contributed by atoms with van der Waals surface area (Å²) in [5, 5.41) is 17.5. The third-order valence-electron chi connectivity index (χ3n) is 7.87. The summed E-state index contributed by atoms with van der Waals surface area (Å²) in [6, 6.07) is 30.7. The molecule has 2 heterocycles. The summed E-state index contributed by atoms with van der Waals surface area (Å²) in [4.78, 5) is 28.5. The average Bonchev–Trinajstić information content (AvgIpc) is 3.36. The molecule has 4 aromatic carbocycles. The van der Waals surface area contributed by atoms with Gasteiger partial charge in [-0.05, 0) is 73.6 Å². The quantitative estimate of drug-likeness (QED) is 0.181. The SMILES string of the molecule is CN1CCC(NC(=O)c2cc3ccc(C(=N)NC(=O)Oc4ccccc4)cc3n2Cc2cccc3ccccc23)CC1. The topological polar surface area (TPSA) is 99.4 Å². The van der Waals surface area contributed by atoms with Gasteiger partial charge in [0.2, 0.25) is 0 Å². The number of nitrogens with one attached hydrogen (secondary N) is 3. The van der Waals surface area contributed by atoms with Gasteiger partial charge in [-0.25, -0.2) is 4.79 Å². The number of aromatic nitrogens is 1. The summed E-state index contributed by atoms with van der Waals surface area (Å²) in [6.07, 6.45) is 1.09. The number of benzene rings is 4. The van der Waals surface area contributed by atoms with Gasteiger partial charge in [-0.1, -0.05) is 72.8 Å². The maximum Gasteiger partial charge on any atom is 0.418 e. The zero-order valence-electron chi connectivity index (χ0n) is 23.5. The van der Waals surface area contributed by atoms with Gasteiger partial charge in [-0.3, -0.25) is 15.5 Å². The van der Waals surface area contributed by atoms with Crippen LogP contribution in [0.2, 0.25) is 0 Å². The van der Waals surface area contributed by atoms with Crippen LogP contribution in [-0.2, 0) is 6.54 Å². The van der Waals surface area contributed by atoms with Gasteiger partial charge >= 0.3 is 6.09 Å². The van der Waals surface area contributed by atoms with Gasteiger partial charge in [-0.15, -0.1) is 0 Å². The van der Waals surface area contributed by atoms with Gasteiger partial charge in [-0.2, -0.15) is 0 Å². The number of piperidine rings is 1. The number of nitrogens with zero attached hydrogens (tertiary/aromatic N) is 2. The van der Waals surface area contributed by atoms with E-state index in [1.165, 1.54) is 0 Å². The molecule has 1 fully saturated rings. The molecule has 8 heteroatoms. The molecule has 0 unspecified atom stereocenters. The molecule has 0 radical (unpaired) electrons. The lowest BCUT2D eigenvalue weighted by Crippen LogP contribution is -2.43. The lowest BCUT2D eigenvalue weighted by atomic mass is 10.0. The fourth-order valence-corrected chi connectivity index (χ4v) is 5.58. The third kappa shape index (κ3) is 5.89. The molecule has 0 bridgehead atoms. The number of carbonyl (C=O) groups is 2. The zero-order valence-corrected chi connectivity index (χ0v) is 23.5. The highest BCUT2D eigenvalue weighted by molar-refractivity contribution is 6.07. The molecule has 3 N–H and O–H groups in total. The van der Waals surface area contributed by atoms with Gasteiger partial charge in [0, 0.05) is 29.1 Å². The summed E-state index contributed by atoms with van der Waals surface area (Å²) >= 11 is 0. The summed E-state index contributed by atoms with van der Waals surface area (Å²) in [7, 11) is 2.10. The molecule has 5 aromatic rings. The van der Waals surface area contributed by atoms with Crippen molar-refractivity contribution in [2.24, 2.45) is 0 Å². The minimum Gasteiger partial charge on any atom is -0.410 e. The highest BCUT2D eigenvalue weighted by atomic mass is 16.6. The van der Waals surface area contributed by atoms with Crippen LogP contribution >= 0.6 is 0 Å². The highest BCUT2D eigenvalue weighted by Crippen LogP contribution is 2.26. The van der Waals surface area contributed by atoms with Crippen LogP contribution in [0.4, 0.5) is 4.79 Å². The fourth-order valence-electron chi connectivity index (χ4n) is 5.58. The predicted molar refractivity (Wildman–Crippen MR) is 165 cm³/mol. The molecule has 0 spiro atoms. The Morgan fingerprint density at radius 2 is 1.62 bits per heavy atom. The van der Waals surface area contributed by atoms with Crippen LogP contribution in [0.25, 0.3) is 21.7 Å². The van der Waals surface area contributed by atoms with Crippen molar-refractivity contribution in [2.75, 3.05) is 20.1 Å². The minimum absolute atomic E-state index is 0.0898. The second-order valence-electron chi connectivity index (χ2n) is 10.8. The van der Waals surface area contributed by atoms with Crippen LogP contribution in [0, 0.1) is 5.41 Å². The number of fused-ring (bicyclic) bond motifs is 2. The van der Waals surface area contributed by atoms with Crippen molar-refractivity contribution < 1.29 is 14.3 Å². The summed E-state index contributed by atoms with van der Waals surface area (Å²) in [5.41, 5.74) is 2.96. The van der Waals surface area contributed by atoms with Crippen LogP contribution < -0.4 is 15.4 Å². The number of carbonyl (C=O) groups excluding carboxylic acids is 2. The van der Waals surface area contributed by atoms with Crippen LogP contribution in [-0.4, -0.2) is 53.5 Å². The molecule has 6 rings (SSSR count). The van der Waals surface area contributed by atoms with Crippen molar-refractivity contribution in [1.29, 1.82) is 5.41 Å². The third-order valence-corrected chi connectivity index (χ3v) is 7.87. The molecular weight excluding hydrogens is 526 g/mol. The van der Waals surface area contributed by atoms with Crippen molar-refractivity contribution in [2.45, 2.75) is 25.4 Å². The first kappa shape index (κ1) is 27.2. The van der Waals surface area contributed by atoms with Crippen LogP contribution in [0.3, 0.4) is 0 Å². The molecule has 212 valence electrons. The van der Waals surface area contributed by atoms with E-state index in [0.717, 1.165) is 53.2 Å². The summed E-state index contributed by atoms with van der Waals surface area (Å²) < 4.78 is 7.31. The van der Waals surface area contributed by atoms with E-state index < -0.39 is 6.09 Å². The van der Waals surface area contributed by atoms with Crippen LogP contribution in [0.5, 0.6) is 5.75 Å². The second kappa shape index (κ2) is 11.9. The maximum atomic E-state index is 13.7. The first-order valence-corrected chi connectivity index (χ1v) is 14.2. The van der Waals surface area contributed by atoms with Crippen molar-refractivity contribution in [3.8, 4) is 5.75 Å². The van der Waals surface area contributed by atoms with E-state index in [9.17, 15) is 9.59 Å². The van der Waals surface area contributed by atoms with E-state index in [4.69, 9.17) is 10.1 Å². The number of amides is 2. The van der Waals surface area contributed by atoms with Gasteiger partial charge in [0.15, 0.2) is 0 Å². The van der Waals surface area contributed by atoms with Gasteiger partial charge in [0.1, 0.15) is 17.3 Å². The summed E-state index contributed by atoms with van der Waals surface area (Å²) in [6.45, 7) is 2.38. The number of likely N-dealkylation sites (tertiary alicyclic amines) is 1. The largest absolute Gasteiger partial charge is 0.418 e. The number of amidine groups is 1. The summed E-state index contributed by atoms with van der Waals surface area (Å²) in [5.74, 6) is 0.192. The zero-order chi connectivity index (χ0) is 29.1. The Balaban J connectivity index is 1.33. The van der Waals surface area contributed by atoms with E-state index in [0.29, 0.717) is 23.6 Å². The van der Waals surface area contributed by atoms with Crippen LogP contribution in [0.1, 0.15) is 34.5 Å². The molecule has 1 aromatic heterocycles. The molecule has 0 atom stereocenters. The second-order valence-corrected chi connectivity index (χ2v) is 10.8. The number of rotatable bonds is 6. The fraction of sp³-hybridized carbons (Fsp3) is 0.206. The molecule has 2 amide bonds. The predicted octanol–water partition coefficient (Wildman–Crippen LogP) is 5.78. The lowest BCUT2D eigenvalue weighted by molar-refractivity contribution is 0.0908. The van der Waals surface area contributed by atoms with Crippen molar-refractivity contribution in [3.63, 3.8) is 0 Å². The Morgan fingerprint density at radius 3 is 2.43 bits per heavy atom. The molecule has 0 saturated carbocycles. The number of hydrogen-bond acceptors (Lipinski definition) is 5. The van der Waals surface area contributed by atoms with E-state index in [1.807, 2.05) is 47.0 Å². The molecule has 0 aliphatic carbocycles. The minimum atomic E-state index is -0.740. The first-order valence-electron chi connectivity index (χ1n) is 14.2. The average molecular weight is 560 g/mol. The Morgan fingerprint density at radius 1 is 0.881 bits per heavy atom. The molecule has 42 heavy (non-hydrogen) atoms. The van der Waals surface area contributed by atoms with Gasteiger partial charge in [0.25, 0.3) is 5.91 Å². The molecule has 1 saturated heterocycles. The Bertz CT molecular complexity index is 1770. The standard InChI is InChI=1S/C34H33N5O3/c1-38-18-16-27(17-19-38)36-33(40)31-20-24-14-15-25(32(35)37-34(41)42-28-11-3-2-4-12-28)21-30(24)39(31)22-26-10-7-9-23-8-5-6-13-29(23)26/h2-15,20-21,27H,16-19,22H2,1H3,(H,36,40)(H2,35,37,41). The smallest absolute Gasteiger partial charge is 0.410 e. The van der Waals surface area contributed by atoms with Crippen molar-refractivity contribution in [3.05, 3.63) is 114 Å². The van der Waals surface area contributed by atoms with Crippen molar-refractivity contribution in [1.82, 2.24) is 20.1 Å². The van der Waals surface area contributed by atoms with E-state index in [1.54, 1.807) is 30.3 Å². The van der Waals surface area contributed by atoms with Crippen molar-refractivity contribution >= 4 is 39.5 Å². The lowest BCUT2D eigenvalue weighted by Gasteiger charge is -2.29. The normalized spacial score (nSPS) is 14.1. The Labute approximate surface area is 244 Å². The number of para-hydroxylation sites is 1. The number of ether oxygens (including phenoxy) is 1. The van der Waals surface area contributed by atoms with E-state index in [-0.39, 0.29) is 17.8 Å². The Kier molecular flexibility index (Phi) is 7.70. The molecule has 8 nitrogen and oxygen atoms in total. The highest BCUT2D eigenvalue weighted by Gasteiger charge is 2.23. The maximum absolute atomic E-state index is 13.7. The Hall–Kier alpha value is -4.95. The molecule has 1 aliphatic heterocycles. The van der Waals surface area contributed by atoms with E-state index >= 15 is 0 Å². The monoisotopic (exact) mass is 559 g/mol. The number of hydrogen-bond donors (Lipinski definition) is 3. The molecular formula is C34H33N5O3. The van der Waals surface area contributed by atoms with E-state index in [2.05, 4.69) is 46.8 Å². The van der Waals surface area contributed by atoms with Crippen LogP contribution in [0.15, 0.2) is 97.1 Å². The first-order chi connectivity index (χ1) is 20.4. The van der Waals surface area contributed by atoms with Gasteiger partial charge < -0.3 is 19.5 Å². The van der Waals surface area contributed by atoms with Gasteiger partial charge in [0.05, 0.1) is 0 Å².